The van der Waals surface area contributed by atoms with Crippen molar-refractivity contribution in [1.82, 2.24) is 4.57 Å². The Morgan fingerprint density at radius 3 is 2.14 bits per heavy atom. The number of hydrazone groups is 1. The quantitative estimate of drug-likeness (QED) is 0.529. The van der Waals surface area contributed by atoms with E-state index in [4.69, 9.17) is 5.26 Å². The van der Waals surface area contributed by atoms with E-state index >= 15 is 0 Å². The molecule has 1 aromatic heterocycles. The molecule has 0 aliphatic carbocycles. The van der Waals surface area contributed by atoms with Gasteiger partial charge in [-0.05, 0) is 56.3 Å². The number of nitriles is 1. The van der Waals surface area contributed by atoms with Crippen molar-refractivity contribution in [3.8, 4) is 6.07 Å². The van der Waals surface area contributed by atoms with Crippen molar-refractivity contribution >= 4 is 21.7 Å². The summed E-state index contributed by atoms with van der Waals surface area (Å²) < 4.78 is 27.2. The molecule has 0 radical (unpaired) electrons. The van der Waals surface area contributed by atoms with Crippen LogP contribution in [0.2, 0.25) is 0 Å². The van der Waals surface area contributed by atoms with E-state index in [0.717, 1.165) is 16.8 Å². The predicted octanol–water partition coefficient (Wildman–Crippen LogP) is 3.79. The average molecular weight is 392 g/mol. The van der Waals surface area contributed by atoms with Gasteiger partial charge in [0.1, 0.15) is 11.8 Å². The molecule has 0 bridgehead atoms. The number of nitrogens with one attached hydrogen (secondary N) is 1. The maximum atomic E-state index is 12.7. The zero-order valence-corrected chi connectivity index (χ0v) is 16.7. The predicted molar refractivity (Wildman–Crippen MR) is 109 cm³/mol. The number of aromatic nitrogens is 1. The van der Waals surface area contributed by atoms with Crippen molar-refractivity contribution in [1.29, 1.82) is 5.26 Å². The minimum Gasteiger partial charge on any atom is -0.339 e. The van der Waals surface area contributed by atoms with Crippen molar-refractivity contribution in [3.05, 3.63) is 77.1 Å². The molecule has 0 atom stereocenters. The van der Waals surface area contributed by atoms with E-state index in [0.29, 0.717) is 11.4 Å². The van der Waals surface area contributed by atoms with Gasteiger partial charge in [-0.25, -0.2) is 8.42 Å². The minimum atomic E-state index is -3.55. The molecule has 142 valence electrons. The molecule has 0 unspecified atom stereocenters. The molecule has 0 aliphatic heterocycles. The Morgan fingerprint density at radius 2 is 1.61 bits per heavy atom. The topological polar surface area (TPSA) is 87.2 Å². The number of sulfone groups is 1. The number of hydrogen-bond donors (Lipinski definition) is 1. The van der Waals surface area contributed by atoms with Gasteiger partial charge in [0.15, 0.2) is 0 Å². The van der Waals surface area contributed by atoms with Gasteiger partial charge in [0, 0.05) is 18.3 Å². The second-order valence-corrected chi connectivity index (χ2v) is 8.40. The fraction of sp³-hybridized carbons (Fsp3) is 0.143. The number of aryl methyl sites for hydroxylation is 1. The van der Waals surface area contributed by atoms with E-state index in [2.05, 4.69) is 16.6 Å². The lowest BCUT2D eigenvalue weighted by atomic mass is 10.2. The van der Waals surface area contributed by atoms with Gasteiger partial charge in [-0.1, -0.05) is 17.7 Å². The maximum Gasteiger partial charge on any atom is 0.206 e. The summed E-state index contributed by atoms with van der Waals surface area (Å²) in [4.78, 5) is 0.494. The molecule has 0 saturated carbocycles. The summed E-state index contributed by atoms with van der Waals surface area (Å²) in [5, 5.41) is 13.2. The average Bonchev–Trinajstić information content (AvgIpc) is 2.97. The van der Waals surface area contributed by atoms with Crippen molar-refractivity contribution in [2.75, 3.05) is 5.43 Å². The van der Waals surface area contributed by atoms with Crippen LogP contribution in [-0.4, -0.2) is 19.2 Å². The maximum absolute atomic E-state index is 12.7. The van der Waals surface area contributed by atoms with E-state index in [1.54, 1.807) is 65.4 Å². The first kappa shape index (κ1) is 19.4. The van der Waals surface area contributed by atoms with Gasteiger partial charge in [0.05, 0.1) is 21.7 Å². The van der Waals surface area contributed by atoms with Crippen LogP contribution in [0.4, 0.5) is 5.69 Å². The highest BCUT2D eigenvalue weighted by Crippen LogP contribution is 2.22. The van der Waals surface area contributed by atoms with Crippen molar-refractivity contribution < 1.29 is 8.42 Å². The lowest BCUT2D eigenvalue weighted by molar-refractivity contribution is 0.596. The first-order valence-electron chi connectivity index (χ1n) is 8.60. The van der Waals surface area contributed by atoms with Gasteiger partial charge >= 0.3 is 0 Å². The van der Waals surface area contributed by atoms with Crippen LogP contribution in [0.5, 0.6) is 0 Å². The Morgan fingerprint density at radius 1 is 1.04 bits per heavy atom. The highest BCUT2D eigenvalue weighted by Gasteiger charge is 2.17. The Hall–Kier alpha value is -3.37. The monoisotopic (exact) mass is 392 g/mol. The highest BCUT2D eigenvalue weighted by atomic mass is 32.2. The van der Waals surface area contributed by atoms with Gasteiger partial charge in [0.2, 0.25) is 9.84 Å². The molecule has 0 saturated heterocycles. The molecule has 1 heterocycles. The van der Waals surface area contributed by atoms with Crippen LogP contribution in [0.3, 0.4) is 0 Å². The molecular weight excluding hydrogens is 372 g/mol. The first-order valence-corrected chi connectivity index (χ1v) is 10.1. The van der Waals surface area contributed by atoms with Crippen LogP contribution in [0.1, 0.15) is 22.5 Å². The number of hydrogen-bond acceptors (Lipinski definition) is 5. The summed E-state index contributed by atoms with van der Waals surface area (Å²) in [5.74, 6) is 0. The summed E-state index contributed by atoms with van der Waals surface area (Å²) in [6, 6.07) is 17.1. The number of anilines is 1. The van der Waals surface area contributed by atoms with Gasteiger partial charge in [0.25, 0.3) is 0 Å². The van der Waals surface area contributed by atoms with Crippen LogP contribution >= 0.6 is 0 Å². The van der Waals surface area contributed by atoms with Crippen LogP contribution in [-0.2, 0) is 16.9 Å². The van der Waals surface area contributed by atoms with Crippen LogP contribution in [0.15, 0.2) is 69.5 Å². The van der Waals surface area contributed by atoms with E-state index in [9.17, 15) is 8.42 Å². The second kappa shape index (κ2) is 7.71. The molecule has 1 N–H and O–H groups in total. The summed E-state index contributed by atoms with van der Waals surface area (Å²) >= 11 is 0. The molecule has 7 heteroatoms. The molecule has 3 rings (SSSR count). The molecule has 6 nitrogen and oxygen atoms in total. The smallest absolute Gasteiger partial charge is 0.206 e. The third kappa shape index (κ3) is 3.82. The number of rotatable bonds is 5. The molecular formula is C21H20N4O2S. The largest absolute Gasteiger partial charge is 0.339 e. The molecule has 0 aliphatic rings. The second-order valence-electron chi connectivity index (χ2n) is 6.45. The lowest BCUT2D eigenvalue weighted by Crippen LogP contribution is -2.02. The summed E-state index contributed by atoms with van der Waals surface area (Å²) in [5.41, 5.74) is 6.87. The normalized spacial score (nSPS) is 11.5. The highest BCUT2D eigenvalue weighted by molar-refractivity contribution is 7.91. The zero-order chi connectivity index (χ0) is 20.3. The van der Waals surface area contributed by atoms with Crippen LogP contribution in [0.25, 0.3) is 0 Å². The van der Waals surface area contributed by atoms with E-state index in [1.807, 2.05) is 20.9 Å². The van der Waals surface area contributed by atoms with E-state index < -0.39 is 9.84 Å². The Labute approximate surface area is 164 Å². The van der Waals surface area contributed by atoms with Gasteiger partial charge in [-0.15, -0.1) is 0 Å². The van der Waals surface area contributed by atoms with Gasteiger partial charge < -0.3 is 4.57 Å². The molecule has 0 amide bonds. The molecule has 2 aromatic carbocycles. The van der Waals surface area contributed by atoms with Crippen LogP contribution in [0, 0.1) is 25.2 Å². The molecule has 0 spiro atoms. The Bertz CT molecular complexity index is 1170. The fourth-order valence-electron chi connectivity index (χ4n) is 2.70. The Balaban J connectivity index is 1.75. The zero-order valence-electron chi connectivity index (χ0n) is 15.8. The standard InChI is InChI=1S/C21H20N4O2S/c1-15-4-8-20(9-5-15)28(26,27)21-10-6-18(7-11-21)24-23-14-17-12-19(13-22)25(3)16(17)2/h4-12,14,24H,1-3H3/b23-14-. The van der Waals surface area contributed by atoms with Crippen molar-refractivity contribution in [2.24, 2.45) is 12.1 Å². The van der Waals surface area contributed by atoms with Gasteiger partial charge in [-0.2, -0.15) is 10.4 Å². The van der Waals surface area contributed by atoms with Crippen molar-refractivity contribution in [3.63, 3.8) is 0 Å². The molecule has 0 fully saturated rings. The number of benzene rings is 2. The third-order valence-corrected chi connectivity index (χ3v) is 6.37. The summed E-state index contributed by atoms with van der Waals surface area (Å²) in [6.45, 7) is 3.82. The van der Waals surface area contributed by atoms with Crippen molar-refractivity contribution in [2.45, 2.75) is 23.6 Å². The molecule has 28 heavy (non-hydrogen) atoms. The Kier molecular flexibility index (Phi) is 5.34. The summed E-state index contributed by atoms with van der Waals surface area (Å²) in [6.07, 6.45) is 1.63. The van der Waals surface area contributed by atoms with Crippen LogP contribution < -0.4 is 5.43 Å². The third-order valence-electron chi connectivity index (χ3n) is 4.58. The van der Waals surface area contributed by atoms with E-state index in [1.165, 1.54) is 0 Å². The minimum absolute atomic E-state index is 0.225. The van der Waals surface area contributed by atoms with E-state index in [-0.39, 0.29) is 9.79 Å². The molecule has 3 aromatic rings. The lowest BCUT2D eigenvalue weighted by Gasteiger charge is -2.06. The first-order chi connectivity index (χ1) is 13.3. The summed E-state index contributed by atoms with van der Waals surface area (Å²) in [7, 11) is -1.72. The number of nitrogens with zero attached hydrogens (tertiary/aromatic N) is 3. The fourth-order valence-corrected chi connectivity index (χ4v) is 3.96. The SMILES string of the molecule is Cc1ccc(S(=O)(=O)c2ccc(N/N=C\c3cc(C#N)n(C)c3C)cc2)cc1. The van der Waals surface area contributed by atoms with Gasteiger partial charge in [-0.3, -0.25) is 5.43 Å².